The maximum Gasteiger partial charge on any atom is 0.194 e. The Bertz CT molecular complexity index is 600. The molecule has 0 aromatic carbocycles. The SMILES string of the molecule is C=C/C=C\C=C\N(CC)/C(NC(N)=N[C@H](CC)CO)=C(/C)N=CN(C)C(C)C. The van der Waals surface area contributed by atoms with Crippen molar-refractivity contribution < 1.29 is 5.11 Å². The molecule has 0 saturated heterocycles. The van der Waals surface area contributed by atoms with Crippen molar-refractivity contribution in [1.82, 2.24) is 15.1 Å². The van der Waals surface area contributed by atoms with Crippen molar-refractivity contribution in [3.05, 3.63) is 48.6 Å². The van der Waals surface area contributed by atoms with Crippen LogP contribution in [0.2, 0.25) is 0 Å². The molecule has 0 amide bonds. The number of aliphatic hydroxyl groups is 1. The molecule has 0 rings (SSSR count). The summed E-state index contributed by atoms with van der Waals surface area (Å²) in [5.74, 6) is 0.976. The summed E-state index contributed by atoms with van der Waals surface area (Å²) in [5, 5.41) is 12.5. The van der Waals surface area contributed by atoms with Gasteiger partial charge in [-0.25, -0.2) is 9.98 Å². The fourth-order valence-electron chi connectivity index (χ4n) is 1.99. The average molecular weight is 391 g/mol. The number of nitrogens with zero attached hydrogens (tertiary/aromatic N) is 4. The highest BCUT2D eigenvalue weighted by atomic mass is 16.3. The van der Waals surface area contributed by atoms with Crippen LogP contribution < -0.4 is 11.1 Å². The third-order valence-electron chi connectivity index (χ3n) is 4.09. The molecular formula is C21H38N6O. The number of rotatable bonds is 12. The fraction of sp³-hybridized carbons (Fsp3) is 0.524. The minimum atomic E-state index is -0.231. The number of aliphatic hydroxyl groups excluding tert-OH is 1. The molecule has 0 aromatic rings. The van der Waals surface area contributed by atoms with Crippen LogP contribution in [0.4, 0.5) is 0 Å². The Balaban J connectivity index is 5.85. The van der Waals surface area contributed by atoms with Gasteiger partial charge < -0.3 is 26.0 Å². The molecular weight excluding hydrogens is 352 g/mol. The van der Waals surface area contributed by atoms with Crippen LogP contribution in [-0.2, 0) is 0 Å². The van der Waals surface area contributed by atoms with Gasteiger partial charge in [-0.05, 0) is 40.2 Å². The monoisotopic (exact) mass is 390 g/mol. The smallest absolute Gasteiger partial charge is 0.194 e. The number of hydrogen-bond acceptors (Lipinski definition) is 4. The van der Waals surface area contributed by atoms with E-state index >= 15 is 0 Å². The van der Waals surface area contributed by atoms with Gasteiger partial charge in [-0.2, -0.15) is 0 Å². The number of allylic oxidation sites excluding steroid dienone is 5. The van der Waals surface area contributed by atoms with Crippen molar-refractivity contribution in [2.45, 2.75) is 53.1 Å². The number of aliphatic imine (C=N–C) groups is 2. The van der Waals surface area contributed by atoms with E-state index in [0.717, 1.165) is 11.5 Å². The van der Waals surface area contributed by atoms with Gasteiger partial charge in [0.1, 0.15) is 5.82 Å². The van der Waals surface area contributed by atoms with Gasteiger partial charge in [0.2, 0.25) is 0 Å². The van der Waals surface area contributed by atoms with Gasteiger partial charge in [0.15, 0.2) is 5.96 Å². The van der Waals surface area contributed by atoms with Crippen LogP contribution in [0, 0.1) is 0 Å². The Morgan fingerprint density at radius 1 is 1.25 bits per heavy atom. The third kappa shape index (κ3) is 9.97. The van der Waals surface area contributed by atoms with Crippen molar-refractivity contribution in [3.63, 3.8) is 0 Å². The molecule has 0 aromatic heterocycles. The van der Waals surface area contributed by atoms with Crippen LogP contribution in [-0.4, -0.2) is 59.5 Å². The average Bonchev–Trinajstić information content (AvgIpc) is 2.68. The molecule has 28 heavy (non-hydrogen) atoms. The zero-order chi connectivity index (χ0) is 21.5. The first-order valence-corrected chi connectivity index (χ1v) is 9.71. The molecule has 0 saturated carbocycles. The van der Waals surface area contributed by atoms with E-state index in [1.807, 2.05) is 62.0 Å². The summed E-state index contributed by atoms with van der Waals surface area (Å²) in [5.41, 5.74) is 6.86. The van der Waals surface area contributed by atoms with Crippen LogP contribution in [0.5, 0.6) is 0 Å². The van der Waals surface area contributed by atoms with E-state index < -0.39 is 0 Å². The maximum absolute atomic E-state index is 9.37. The molecule has 0 fully saturated rings. The van der Waals surface area contributed by atoms with Crippen LogP contribution in [0.15, 0.2) is 58.6 Å². The summed E-state index contributed by atoms with van der Waals surface area (Å²) in [4.78, 5) is 12.9. The van der Waals surface area contributed by atoms with Gasteiger partial charge >= 0.3 is 0 Å². The van der Waals surface area contributed by atoms with Crippen LogP contribution in [0.3, 0.4) is 0 Å². The Labute approximate surface area is 170 Å². The minimum absolute atomic E-state index is 0.0437. The number of nitrogens with two attached hydrogens (primary N) is 1. The van der Waals surface area contributed by atoms with Crippen LogP contribution in [0.25, 0.3) is 0 Å². The number of nitrogens with one attached hydrogen (secondary N) is 1. The molecule has 158 valence electrons. The van der Waals surface area contributed by atoms with E-state index in [1.54, 1.807) is 12.4 Å². The van der Waals surface area contributed by atoms with E-state index in [2.05, 4.69) is 35.7 Å². The lowest BCUT2D eigenvalue weighted by molar-refractivity contribution is 0.264. The van der Waals surface area contributed by atoms with Crippen LogP contribution >= 0.6 is 0 Å². The largest absolute Gasteiger partial charge is 0.394 e. The first-order chi connectivity index (χ1) is 13.3. The van der Waals surface area contributed by atoms with E-state index in [1.165, 1.54) is 0 Å². The van der Waals surface area contributed by atoms with Gasteiger partial charge in [0.05, 0.1) is 24.7 Å². The standard InChI is InChI=1S/C21H38N6O/c1-8-11-12-13-14-27(10-3)20(18(6)23-16-26(7)17(4)5)25-21(22)24-19(9-2)15-28/h8,11-14,16-17,19,28H,1,9-10,15H2,2-7H3,(H3,22,24,25)/b12-11-,14-13+,20-18-,23-16?/t19-/m1/s1. The highest BCUT2D eigenvalue weighted by molar-refractivity contribution is 5.80. The topological polar surface area (TPSA) is 89.5 Å². The van der Waals surface area contributed by atoms with Crippen molar-refractivity contribution in [2.75, 3.05) is 20.2 Å². The molecule has 0 aliphatic rings. The van der Waals surface area contributed by atoms with Crippen molar-refractivity contribution >= 4 is 12.3 Å². The minimum Gasteiger partial charge on any atom is -0.394 e. The molecule has 7 heteroatoms. The summed E-state index contributed by atoms with van der Waals surface area (Å²) in [6.07, 6.45) is 11.8. The lowest BCUT2D eigenvalue weighted by Crippen LogP contribution is -2.39. The second-order valence-corrected chi connectivity index (χ2v) is 6.57. The lowest BCUT2D eigenvalue weighted by atomic mass is 10.2. The second-order valence-electron chi connectivity index (χ2n) is 6.57. The van der Waals surface area contributed by atoms with Gasteiger partial charge in [-0.1, -0.05) is 31.7 Å². The summed E-state index contributed by atoms with van der Waals surface area (Å²) in [6.45, 7) is 14.4. The van der Waals surface area contributed by atoms with Gasteiger partial charge in [0, 0.05) is 25.8 Å². The molecule has 1 atom stereocenters. The second kappa shape index (κ2) is 14.5. The quantitative estimate of drug-likeness (QED) is 0.271. The Kier molecular flexibility index (Phi) is 13.2. The van der Waals surface area contributed by atoms with Crippen molar-refractivity contribution in [1.29, 1.82) is 0 Å². The maximum atomic E-state index is 9.37. The summed E-state index contributed by atoms with van der Waals surface area (Å²) >= 11 is 0. The first kappa shape index (κ1) is 25.5. The Morgan fingerprint density at radius 2 is 1.93 bits per heavy atom. The predicted octanol–water partition coefficient (Wildman–Crippen LogP) is 2.80. The van der Waals surface area contributed by atoms with Crippen LogP contribution in [0.1, 0.15) is 41.0 Å². The zero-order valence-corrected chi connectivity index (χ0v) is 18.3. The highest BCUT2D eigenvalue weighted by Gasteiger charge is 2.12. The molecule has 0 bridgehead atoms. The molecule has 0 spiro atoms. The molecule has 4 N–H and O–H groups in total. The predicted molar refractivity (Wildman–Crippen MR) is 121 cm³/mol. The van der Waals surface area contributed by atoms with Crippen molar-refractivity contribution in [2.24, 2.45) is 15.7 Å². The van der Waals surface area contributed by atoms with Gasteiger partial charge in [-0.15, -0.1) is 0 Å². The molecule has 0 radical (unpaired) electrons. The van der Waals surface area contributed by atoms with E-state index in [0.29, 0.717) is 19.0 Å². The molecule has 0 aliphatic heterocycles. The zero-order valence-electron chi connectivity index (χ0n) is 18.3. The highest BCUT2D eigenvalue weighted by Crippen LogP contribution is 2.10. The lowest BCUT2D eigenvalue weighted by Gasteiger charge is -2.25. The van der Waals surface area contributed by atoms with E-state index in [4.69, 9.17) is 5.73 Å². The Hall–Kier alpha value is -2.54. The Morgan fingerprint density at radius 3 is 2.43 bits per heavy atom. The fourth-order valence-corrected chi connectivity index (χ4v) is 1.99. The molecule has 0 aliphatic carbocycles. The first-order valence-electron chi connectivity index (χ1n) is 9.71. The van der Waals surface area contributed by atoms with Gasteiger partial charge in [-0.3, -0.25) is 0 Å². The summed E-state index contributed by atoms with van der Waals surface area (Å²) in [6, 6.07) is 0.117. The van der Waals surface area contributed by atoms with Gasteiger partial charge in [0.25, 0.3) is 0 Å². The summed E-state index contributed by atoms with van der Waals surface area (Å²) in [7, 11) is 1.98. The van der Waals surface area contributed by atoms with E-state index in [9.17, 15) is 5.11 Å². The third-order valence-corrected chi connectivity index (χ3v) is 4.09. The summed E-state index contributed by atoms with van der Waals surface area (Å²) < 4.78 is 0. The number of guanidine groups is 1. The molecule has 0 heterocycles. The molecule has 0 unspecified atom stereocenters. The number of hydrogen-bond donors (Lipinski definition) is 3. The van der Waals surface area contributed by atoms with Crippen molar-refractivity contribution in [3.8, 4) is 0 Å². The molecule has 7 nitrogen and oxygen atoms in total. The van der Waals surface area contributed by atoms with E-state index in [-0.39, 0.29) is 18.6 Å². The normalized spacial score (nSPS) is 14.8.